The van der Waals surface area contributed by atoms with Crippen LogP contribution in [0.4, 0.5) is 0 Å². The van der Waals surface area contributed by atoms with Gasteiger partial charge in [0.2, 0.25) is 0 Å². The van der Waals surface area contributed by atoms with Gasteiger partial charge in [0.15, 0.2) is 0 Å². The Hall–Kier alpha value is -2.26. The van der Waals surface area contributed by atoms with Crippen LogP contribution in [0.3, 0.4) is 0 Å². The van der Waals surface area contributed by atoms with E-state index in [4.69, 9.17) is 21.1 Å². The lowest BCUT2D eigenvalue weighted by molar-refractivity contribution is 0.268. The first kappa shape index (κ1) is 15.6. The summed E-state index contributed by atoms with van der Waals surface area (Å²) in [4.78, 5) is 4.38. The van der Waals surface area contributed by atoms with Gasteiger partial charge < -0.3 is 9.47 Å². The summed E-state index contributed by atoms with van der Waals surface area (Å²) in [6.07, 6.45) is 3.63. The molecule has 0 radical (unpaired) electrons. The molecule has 3 rings (SSSR count). The van der Waals surface area contributed by atoms with Crippen LogP contribution in [0.2, 0.25) is 5.02 Å². The molecule has 2 aromatic carbocycles. The Morgan fingerprint density at radius 2 is 1.65 bits per heavy atom. The van der Waals surface area contributed by atoms with Gasteiger partial charge >= 0.3 is 0 Å². The molecule has 0 fully saturated rings. The van der Waals surface area contributed by atoms with Gasteiger partial charge in [0.25, 0.3) is 0 Å². The van der Waals surface area contributed by atoms with Gasteiger partial charge in [-0.1, -0.05) is 35.9 Å². The van der Waals surface area contributed by atoms with Crippen LogP contribution in [0.1, 0.15) is 12.8 Å². The van der Waals surface area contributed by atoms with E-state index in [2.05, 4.69) is 4.98 Å². The van der Waals surface area contributed by atoms with Crippen molar-refractivity contribution in [2.75, 3.05) is 13.2 Å². The third-order valence-electron chi connectivity index (χ3n) is 3.46. The maximum atomic E-state index is 5.92. The second kappa shape index (κ2) is 7.84. The molecule has 0 aliphatic rings. The van der Waals surface area contributed by atoms with Gasteiger partial charge in [0.1, 0.15) is 17.0 Å². The van der Waals surface area contributed by atoms with E-state index in [-0.39, 0.29) is 0 Å². The van der Waals surface area contributed by atoms with Crippen molar-refractivity contribution in [2.24, 2.45) is 0 Å². The number of hydrogen-bond donors (Lipinski definition) is 0. The molecule has 0 unspecified atom stereocenters. The van der Waals surface area contributed by atoms with Gasteiger partial charge in [0, 0.05) is 16.6 Å². The summed E-state index contributed by atoms with van der Waals surface area (Å²) in [5, 5.41) is 1.78. The average Bonchev–Trinajstić information content (AvgIpc) is 2.58. The smallest absolute Gasteiger partial charge is 0.145 e. The molecule has 0 amide bonds. The first-order chi connectivity index (χ1) is 11.3. The van der Waals surface area contributed by atoms with Crippen molar-refractivity contribution in [3.63, 3.8) is 0 Å². The minimum absolute atomic E-state index is 0.647. The SMILES string of the molecule is Clc1cccc(OCCCCOc2cccc3cccnc23)c1. The minimum atomic E-state index is 0.647. The predicted octanol–water partition coefficient (Wildman–Crippen LogP) is 5.13. The third-order valence-corrected chi connectivity index (χ3v) is 3.69. The molecule has 4 heteroatoms. The molecule has 0 N–H and O–H groups in total. The van der Waals surface area contributed by atoms with Crippen LogP contribution in [-0.4, -0.2) is 18.2 Å². The number of nitrogens with zero attached hydrogens (tertiary/aromatic N) is 1. The molecule has 1 heterocycles. The number of hydrogen-bond acceptors (Lipinski definition) is 3. The van der Waals surface area contributed by atoms with E-state index in [0.29, 0.717) is 18.2 Å². The number of ether oxygens (including phenoxy) is 2. The number of benzene rings is 2. The molecule has 0 saturated heterocycles. The molecule has 3 aromatic rings. The Labute approximate surface area is 140 Å². The van der Waals surface area contributed by atoms with Crippen molar-refractivity contribution >= 4 is 22.5 Å². The lowest BCUT2D eigenvalue weighted by atomic mass is 10.2. The Morgan fingerprint density at radius 3 is 2.52 bits per heavy atom. The minimum Gasteiger partial charge on any atom is -0.494 e. The largest absolute Gasteiger partial charge is 0.494 e. The maximum Gasteiger partial charge on any atom is 0.145 e. The van der Waals surface area contributed by atoms with Crippen LogP contribution < -0.4 is 9.47 Å². The van der Waals surface area contributed by atoms with E-state index in [1.807, 2.05) is 54.6 Å². The molecule has 0 bridgehead atoms. The number of unbranched alkanes of at least 4 members (excludes halogenated alkanes) is 1. The molecule has 0 aliphatic heterocycles. The predicted molar refractivity (Wildman–Crippen MR) is 93.4 cm³/mol. The number of aromatic nitrogens is 1. The summed E-state index contributed by atoms with van der Waals surface area (Å²) in [5.41, 5.74) is 0.908. The fourth-order valence-corrected chi connectivity index (χ4v) is 2.51. The van der Waals surface area contributed by atoms with Gasteiger partial charge in [-0.05, 0) is 43.2 Å². The van der Waals surface area contributed by atoms with Crippen molar-refractivity contribution in [3.8, 4) is 11.5 Å². The molecule has 1 aromatic heterocycles. The van der Waals surface area contributed by atoms with Crippen molar-refractivity contribution in [2.45, 2.75) is 12.8 Å². The molecular weight excluding hydrogens is 310 g/mol. The monoisotopic (exact) mass is 327 g/mol. The second-order valence-corrected chi connectivity index (χ2v) is 5.63. The quantitative estimate of drug-likeness (QED) is 0.564. The number of para-hydroxylation sites is 1. The lowest BCUT2D eigenvalue weighted by Crippen LogP contribution is -2.03. The summed E-state index contributed by atoms with van der Waals surface area (Å²) in [5.74, 6) is 1.63. The maximum absolute atomic E-state index is 5.92. The summed E-state index contributed by atoms with van der Waals surface area (Å²) in [6.45, 7) is 1.30. The molecule has 118 valence electrons. The van der Waals surface area contributed by atoms with Crippen LogP contribution in [0, 0.1) is 0 Å². The second-order valence-electron chi connectivity index (χ2n) is 5.19. The zero-order valence-electron chi connectivity index (χ0n) is 12.7. The zero-order chi connectivity index (χ0) is 15.9. The van der Waals surface area contributed by atoms with Crippen molar-refractivity contribution in [1.29, 1.82) is 0 Å². The third kappa shape index (κ3) is 4.36. The fourth-order valence-electron chi connectivity index (χ4n) is 2.33. The summed E-state index contributed by atoms with van der Waals surface area (Å²) in [7, 11) is 0. The molecule has 0 atom stereocenters. The average molecular weight is 328 g/mol. The highest BCUT2D eigenvalue weighted by molar-refractivity contribution is 6.30. The normalized spacial score (nSPS) is 10.7. The van der Waals surface area contributed by atoms with Crippen molar-refractivity contribution in [3.05, 3.63) is 65.8 Å². The highest BCUT2D eigenvalue weighted by Crippen LogP contribution is 2.23. The van der Waals surface area contributed by atoms with Gasteiger partial charge in [-0.15, -0.1) is 0 Å². The van der Waals surface area contributed by atoms with Crippen molar-refractivity contribution in [1.82, 2.24) is 4.98 Å². The topological polar surface area (TPSA) is 31.4 Å². The lowest BCUT2D eigenvalue weighted by Gasteiger charge is -2.09. The van der Waals surface area contributed by atoms with Crippen LogP contribution >= 0.6 is 11.6 Å². The van der Waals surface area contributed by atoms with Crippen LogP contribution in [0.25, 0.3) is 10.9 Å². The van der Waals surface area contributed by atoms with Gasteiger partial charge in [-0.2, -0.15) is 0 Å². The summed E-state index contributed by atoms with van der Waals surface area (Å²) >= 11 is 5.92. The number of halogens is 1. The Morgan fingerprint density at radius 1 is 0.870 bits per heavy atom. The highest BCUT2D eigenvalue weighted by Gasteiger charge is 2.02. The molecule has 3 nitrogen and oxygen atoms in total. The van der Waals surface area contributed by atoms with E-state index in [0.717, 1.165) is 35.2 Å². The Bertz CT molecular complexity index is 771. The Balaban J connectivity index is 1.43. The fraction of sp³-hybridized carbons (Fsp3) is 0.211. The highest BCUT2D eigenvalue weighted by atomic mass is 35.5. The van der Waals surface area contributed by atoms with E-state index >= 15 is 0 Å². The van der Waals surface area contributed by atoms with E-state index in [9.17, 15) is 0 Å². The van der Waals surface area contributed by atoms with Gasteiger partial charge in [-0.25, -0.2) is 0 Å². The number of pyridine rings is 1. The molecule has 23 heavy (non-hydrogen) atoms. The first-order valence-electron chi connectivity index (χ1n) is 7.68. The Kier molecular flexibility index (Phi) is 5.33. The van der Waals surface area contributed by atoms with Crippen molar-refractivity contribution < 1.29 is 9.47 Å². The standard InChI is InChI=1S/C19H18ClNO2/c20-16-8-4-9-17(14-16)22-12-1-2-13-23-18-10-3-6-15-7-5-11-21-19(15)18/h3-11,14H,1-2,12-13H2. The summed E-state index contributed by atoms with van der Waals surface area (Å²) in [6, 6.07) is 17.4. The molecular formula is C19H18ClNO2. The van der Waals surface area contributed by atoms with E-state index < -0.39 is 0 Å². The molecule has 0 spiro atoms. The first-order valence-corrected chi connectivity index (χ1v) is 8.06. The number of rotatable bonds is 7. The van der Waals surface area contributed by atoms with Gasteiger partial charge in [-0.3, -0.25) is 4.98 Å². The zero-order valence-corrected chi connectivity index (χ0v) is 13.5. The van der Waals surface area contributed by atoms with E-state index in [1.165, 1.54) is 0 Å². The molecule has 0 saturated carbocycles. The summed E-state index contributed by atoms with van der Waals surface area (Å²) < 4.78 is 11.5. The molecule has 0 aliphatic carbocycles. The van der Waals surface area contributed by atoms with E-state index in [1.54, 1.807) is 6.20 Å². The van der Waals surface area contributed by atoms with Crippen LogP contribution in [0.15, 0.2) is 60.8 Å². The van der Waals surface area contributed by atoms with Crippen LogP contribution in [-0.2, 0) is 0 Å². The van der Waals surface area contributed by atoms with Gasteiger partial charge in [0.05, 0.1) is 13.2 Å². The van der Waals surface area contributed by atoms with Crippen LogP contribution in [0.5, 0.6) is 11.5 Å². The number of fused-ring (bicyclic) bond motifs is 1.